The molecule has 24 heavy (non-hydrogen) atoms. The Labute approximate surface area is 154 Å². The molecule has 0 fully saturated rings. The summed E-state index contributed by atoms with van der Waals surface area (Å²) >= 11 is 11.3. The van der Waals surface area contributed by atoms with E-state index in [4.69, 9.17) is 23.8 Å². The van der Waals surface area contributed by atoms with Crippen LogP contribution in [-0.4, -0.2) is 24.2 Å². The largest absolute Gasteiger partial charge is 0.368 e. The van der Waals surface area contributed by atoms with Crippen LogP contribution in [-0.2, 0) is 6.42 Å². The monoisotopic (exact) mass is 359 g/mol. The van der Waals surface area contributed by atoms with E-state index < -0.39 is 0 Å². The van der Waals surface area contributed by atoms with Gasteiger partial charge in [0.15, 0.2) is 5.11 Å². The van der Waals surface area contributed by atoms with E-state index in [1.807, 2.05) is 24.3 Å². The summed E-state index contributed by atoms with van der Waals surface area (Å²) in [7, 11) is 0. The third kappa shape index (κ3) is 4.19. The lowest BCUT2D eigenvalue weighted by Gasteiger charge is -2.25. The smallest absolute Gasteiger partial charge is 0.170 e. The predicted molar refractivity (Wildman–Crippen MR) is 107 cm³/mol. The van der Waals surface area contributed by atoms with Crippen molar-refractivity contribution < 1.29 is 0 Å². The summed E-state index contributed by atoms with van der Waals surface area (Å²) < 4.78 is 0. The molecule has 2 aromatic rings. The van der Waals surface area contributed by atoms with Crippen molar-refractivity contribution in [3.8, 4) is 0 Å². The van der Waals surface area contributed by atoms with Crippen LogP contribution in [0, 0.1) is 0 Å². The Hall–Kier alpha value is -1.78. The second kappa shape index (κ2) is 7.86. The molecule has 0 saturated heterocycles. The van der Waals surface area contributed by atoms with E-state index in [1.165, 1.54) is 11.3 Å². The first-order valence-electron chi connectivity index (χ1n) is 8.28. The summed E-state index contributed by atoms with van der Waals surface area (Å²) in [5.41, 5.74) is 3.74. The van der Waals surface area contributed by atoms with Crippen molar-refractivity contribution in [1.82, 2.24) is 5.32 Å². The molecule has 1 aliphatic heterocycles. The summed E-state index contributed by atoms with van der Waals surface area (Å²) in [4.78, 5) is 2.49. The number of nitrogens with zero attached hydrogens (tertiary/aromatic N) is 1. The Balaban J connectivity index is 1.43. The zero-order valence-corrected chi connectivity index (χ0v) is 15.3. The number of halogens is 1. The topological polar surface area (TPSA) is 27.3 Å². The fourth-order valence-corrected chi connectivity index (χ4v) is 3.57. The maximum Gasteiger partial charge on any atom is 0.170 e. The number of para-hydroxylation sites is 1. The summed E-state index contributed by atoms with van der Waals surface area (Å²) in [5, 5.41) is 7.75. The zero-order chi connectivity index (χ0) is 16.9. The highest BCUT2D eigenvalue weighted by Crippen LogP contribution is 2.31. The molecule has 5 heteroatoms. The van der Waals surface area contributed by atoms with Crippen molar-refractivity contribution in [3.05, 3.63) is 59.1 Å². The quantitative estimate of drug-likeness (QED) is 0.608. The molecule has 0 bridgehead atoms. The minimum Gasteiger partial charge on any atom is -0.368 e. The van der Waals surface area contributed by atoms with Gasteiger partial charge in [-0.3, -0.25) is 0 Å². The second-order valence-corrected chi connectivity index (χ2v) is 6.96. The normalized spacial score (nSPS) is 15.9. The van der Waals surface area contributed by atoms with Crippen LogP contribution in [0.1, 0.15) is 18.9 Å². The summed E-state index contributed by atoms with van der Waals surface area (Å²) in [6, 6.07) is 16.8. The molecule has 2 aromatic carbocycles. The average molecular weight is 360 g/mol. The molecule has 1 aliphatic rings. The Morgan fingerprint density at radius 2 is 2.08 bits per heavy atom. The van der Waals surface area contributed by atoms with E-state index in [9.17, 15) is 0 Å². The molecule has 0 radical (unpaired) electrons. The van der Waals surface area contributed by atoms with Crippen molar-refractivity contribution in [2.45, 2.75) is 25.8 Å². The highest BCUT2D eigenvalue weighted by molar-refractivity contribution is 7.80. The summed E-state index contributed by atoms with van der Waals surface area (Å²) in [6.07, 6.45) is 2.17. The summed E-state index contributed by atoms with van der Waals surface area (Å²) in [6.45, 7) is 4.17. The van der Waals surface area contributed by atoms with Crippen LogP contribution in [0.3, 0.4) is 0 Å². The van der Waals surface area contributed by atoms with Crippen LogP contribution < -0.4 is 15.5 Å². The molecule has 0 saturated carbocycles. The molecule has 0 unspecified atom stereocenters. The predicted octanol–water partition coefficient (Wildman–Crippen LogP) is 4.47. The van der Waals surface area contributed by atoms with E-state index in [2.05, 4.69) is 46.7 Å². The first-order chi connectivity index (χ1) is 11.6. The van der Waals surface area contributed by atoms with Gasteiger partial charge >= 0.3 is 0 Å². The lowest BCUT2D eigenvalue weighted by atomic mass is 10.1. The first kappa shape index (κ1) is 17.1. The highest BCUT2D eigenvalue weighted by Gasteiger charge is 2.24. The van der Waals surface area contributed by atoms with Crippen molar-refractivity contribution in [2.75, 3.05) is 23.3 Å². The Bertz CT molecular complexity index is 719. The van der Waals surface area contributed by atoms with Gasteiger partial charge in [-0.2, -0.15) is 0 Å². The number of anilines is 2. The number of hydrogen-bond acceptors (Lipinski definition) is 2. The standard InChI is InChI=1S/C19H22ClN3S/c1-14-12-15-6-2-3-9-18(15)23(14)11-5-10-21-19(24)22-17-8-4-7-16(20)13-17/h2-4,6-9,13-14H,5,10-12H2,1H3,(H2,21,22,24)/t14-/m1/s1. The van der Waals surface area contributed by atoms with Gasteiger partial charge in [0, 0.05) is 35.5 Å². The van der Waals surface area contributed by atoms with Crippen LogP contribution in [0.4, 0.5) is 11.4 Å². The third-order valence-corrected chi connectivity index (χ3v) is 4.77. The van der Waals surface area contributed by atoms with Crippen molar-refractivity contribution in [2.24, 2.45) is 0 Å². The van der Waals surface area contributed by atoms with Gasteiger partial charge in [0.2, 0.25) is 0 Å². The minimum atomic E-state index is 0.568. The molecule has 0 spiro atoms. The first-order valence-corrected chi connectivity index (χ1v) is 9.07. The maximum atomic E-state index is 5.97. The van der Waals surface area contributed by atoms with E-state index in [0.717, 1.165) is 31.6 Å². The molecule has 0 aromatic heterocycles. The zero-order valence-electron chi connectivity index (χ0n) is 13.8. The van der Waals surface area contributed by atoms with Gasteiger partial charge in [-0.1, -0.05) is 35.9 Å². The van der Waals surface area contributed by atoms with Gasteiger partial charge in [-0.25, -0.2) is 0 Å². The van der Waals surface area contributed by atoms with Gasteiger partial charge < -0.3 is 15.5 Å². The van der Waals surface area contributed by atoms with E-state index in [0.29, 0.717) is 16.2 Å². The maximum absolute atomic E-state index is 5.97. The van der Waals surface area contributed by atoms with Gasteiger partial charge in [0.1, 0.15) is 0 Å². The Morgan fingerprint density at radius 1 is 1.25 bits per heavy atom. The summed E-state index contributed by atoms with van der Waals surface area (Å²) in [5.74, 6) is 0. The average Bonchev–Trinajstić information content (AvgIpc) is 2.87. The van der Waals surface area contributed by atoms with Gasteiger partial charge in [0.25, 0.3) is 0 Å². The highest BCUT2D eigenvalue weighted by atomic mass is 35.5. The Morgan fingerprint density at radius 3 is 2.92 bits per heavy atom. The van der Waals surface area contributed by atoms with Crippen molar-refractivity contribution in [1.29, 1.82) is 0 Å². The lowest BCUT2D eigenvalue weighted by Crippen LogP contribution is -2.34. The number of thiocarbonyl (C=S) groups is 1. The molecular formula is C19H22ClN3S. The molecule has 0 amide bonds. The van der Waals surface area contributed by atoms with Gasteiger partial charge in [-0.15, -0.1) is 0 Å². The van der Waals surface area contributed by atoms with Crippen LogP contribution in [0.5, 0.6) is 0 Å². The van der Waals surface area contributed by atoms with Crippen molar-refractivity contribution >= 4 is 40.3 Å². The number of benzene rings is 2. The van der Waals surface area contributed by atoms with Crippen molar-refractivity contribution in [3.63, 3.8) is 0 Å². The molecule has 3 nitrogen and oxygen atoms in total. The third-order valence-electron chi connectivity index (χ3n) is 4.29. The Kier molecular flexibility index (Phi) is 5.59. The number of fused-ring (bicyclic) bond motifs is 1. The van der Waals surface area contributed by atoms with Crippen LogP contribution in [0.2, 0.25) is 5.02 Å². The van der Waals surface area contributed by atoms with E-state index in [-0.39, 0.29) is 0 Å². The number of hydrogen-bond donors (Lipinski definition) is 2. The number of nitrogens with one attached hydrogen (secondary N) is 2. The molecule has 0 aliphatic carbocycles. The molecule has 126 valence electrons. The van der Waals surface area contributed by atoms with Gasteiger partial charge in [0.05, 0.1) is 0 Å². The SMILES string of the molecule is C[C@@H]1Cc2ccccc2N1CCCNC(=S)Nc1cccc(Cl)c1. The minimum absolute atomic E-state index is 0.568. The van der Waals surface area contributed by atoms with Crippen LogP contribution in [0.15, 0.2) is 48.5 Å². The fraction of sp³-hybridized carbons (Fsp3) is 0.316. The number of rotatable bonds is 5. The molecule has 3 rings (SSSR count). The van der Waals surface area contributed by atoms with Crippen LogP contribution in [0.25, 0.3) is 0 Å². The molecule has 1 atom stereocenters. The van der Waals surface area contributed by atoms with E-state index >= 15 is 0 Å². The lowest BCUT2D eigenvalue weighted by molar-refractivity contribution is 0.641. The fourth-order valence-electron chi connectivity index (χ4n) is 3.16. The molecule has 1 heterocycles. The molecule has 2 N–H and O–H groups in total. The second-order valence-electron chi connectivity index (χ2n) is 6.12. The van der Waals surface area contributed by atoms with Gasteiger partial charge in [-0.05, 0) is 61.8 Å². The molecular weight excluding hydrogens is 338 g/mol. The van der Waals surface area contributed by atoms with E-state index in [1.54, 1.807) is 0 Å². The van der Waals surface area contributed by atoms with Crippen LogP contribution >= 0.6 is 23.8 Å².